The van der Waals surface area contributed by atoms with Crippen LogP contribution in [-0.4, -0.2) is 50.4 Å². The molecular formula is C23H22N6O2S2. The summed E-state index contributed by atoms with van der Waals surface area (Å²) in [4.78, 5) is 15.5. The monoisotopic (exact) mass is 478 g/mol. The van der Waals surface area contributed by atoms with Crippen LogP contribution in [0.25, 0.3) is 26.1 Å². The van der Waals surface area contributed by atoms with Gasteiger partial charge < -0.3 is 0 Å². The first kappa shape index (κ1) is 20.6. The minimum Gasteiger partial charge on any atom is -0.242 e. The van der Waals surface area contributed by atoms with Gasteiger partial charge in [0.1, 0.15) is 15.9 Å². The molecule has 1 saturated heterocycles. The average molecular weight is 479 g/mol. The highest BCUT2D eigenvalue weighted by molar-refractivity contribution is 7.89. The van der Waals surface area contributed by atoms with Crippen molar-refractivity contribution in [2.45, 2.75) is 37.5 Å². The lowest BCUT2D eigenvalue weighted by atomic mass is 9.99. The van der Waals surface area contributed by atoms with Crippen LogP contribution in [0.1, 0.15) is 35.8 Å². The van der Waals surface area contributed by atoms with Crippen LogP contribution in [0.3, 0.4) is 0 Å². The Labute approximate surface area is 195 Å². The molecule has 1 aliphatic rings. The van der Waals surface area contributed by atoms with Crippen LogP contribution in [0.5, 0.6) is 0 Å². The van der Waals surface area contributed by atoms with Crippen LogP contribution in [0.15, 0.2) is 47.6 Å². The predicted molar refractivity (Wildman–Crippen MR) is 128 cm³/mol. The number of nitrogens with zero attached hydrogens (tertiary/aromatic N) is 6. The lowest BCUT2D eigenvalue weighted by Gasteiger charge is -2.30. The number of aryl methyl sites for hydroxylation is 2. The molecule has 0 radical (unpaired) electrons. The van der Waals surface area contributed by atoms with Crippen molar-refractivity contribution in [2.24, 2.45) is 0 Å². The van der Waals surface area contributed by atoms with Crippen molar-refractivity contribution in [2.75, 3.05) is 13.1 Å². The molecule has 1 unspecified atom stereocenters. The average Bonchev–Trinajstić information content (AvgIpc) is 3.41. The molecule has 0 amide bonds. The van der Waals surface area contributed by atoms with Crippen molar-refractivity contribution in [3.05, 3.63) is 59.8 Å². The van der Waals surface area contributed by atoms with Crippen molar-refractivity contribution in [1.82, 2.24) is 28.9 Å². The molecule has 8 nitrogen and oxygen atoms in total. The Hall–Kier alpha value is -2.95. The summed E-state index contributed by atoms with van der Waals surface area (Å²) in [5, 5.41) is 5.75. The summed E-state index contributed by atoms with van der Waals surface area (Å²) in [6.45, 7) is 4.95. The van der Waals surface area contributed by atoms with E-state index in [4.69, 9.17) is 15.1 Å². The van der Waals surface area contributed by atoms with E-state index in [0.717, 1.165) is 50.2 Å². The van der Waals surface area contributed by atoms with Crippen LogP contribution in [0.4, 0.5) is 0 Å². The van der Waals surface area contributed by atoms with Gasteiger partial charge in [0, 0.05) is 30.1 Å². The zero-order valence-corrected chi connectivity index (χ0v) is 19.9. The molecule has 0 saturated carbocycles. The Bertz CT molecular complexity index is 1630. The normalized spacial score (nSPS) is 17.9. The van der Waals surface area contributed by atoms with Gasteiger partial charge in [-0.05, 0) is 50.5 Å². The fourth-order valence-corrected chi connectivity index (χ4v) is 7.44. The van der Waals surface area contributed by atoms with Gasteiger partial charge in [0.15, 0.2) is 11.5 Å². The molecule has 0 spiro atoms. The molecule has 33 heavy (non-hydrogen) atoms. The van der Waals surface area contributed by atoms with E-state index >= 15 is 0 Å². The van der Waals surface area contributed by atoms with E-state index in [1.165, 1.54) is 0 Å². The molecule has 4 aromatic heterocycles. The first-order valence-corrected chi connectivity index (χ1v) is 13.1. The van der Waals surface area contributed by atoms with E-state index in [-0.39, 0.29) is 5.92 Å². The number of rotatable bonds is 3. The molecule has 0 bridgehead atoms. The maximum absolute atomic E-state index is 13.1. The van der Waals surface area contributed by atoms with Crippen LogP contribution in [0, 0.1) is 13.8 Å². The Morgan fingerprint density at radius 2 is 1.94 bits per heavy atom. The number of hydrogen-bond acceptors (Lipinski definition) is 7. The highest BCUT2D eigenvalue weighted by Gasteiger charge is 2.33. The molecule has 168 valence electrons. The molecule has 5 aromatic rings. The van der Waals surface area contributed by atoms with Crippen LogP contribution >= 0.6 is 11.3 Å². The van der Waals surface area contributed by atoms with E-state index in [1.807, 2.05) is 13.0 Å². The first-order valence-electron chi connectivity index (χ1n) is 10.9. The Morgan fingerprint density at radius 1 is 1.12 bits per heavy atom. The van der Waals surface area contributed by atoms with Crippen LogP contribution in [-0.2, 0) is 10.0 Å². The van der Waals surface area contributed by atoms with Gasteiger partial charge in [0.25, 0.3) is 0 Å². The third kappa shape index (κ3) is 3.32. The van der Waals surface area contributed by atoms with E-state index in [1.54, 1.807) is 50.8 Å². The van der Waals surface area contributed by atoms with E-state index in [0.29, 0.717) is 23.8 Å². The third-order valence-electron chi connectivity index (χ3n) is 6.24. The Kier molecular flexibility index (Phi) is 4.72. The largest absolute Gasteiger partial charge is 0.243 e. The van der Waals surface area contributed by atoms with Gasteiger partial charge in [-0.25, -0.2) is 27.9 Å². The van der Waals surface area contributed by atoms with Gasteiger partial charge >= 0.3 is 0 Å². The van der Waals surface area contributed by atoms with Crippen molar-refractivity contribution < 1.29 is 8.42 Å². The van der Waals surface area contributed by atoms with Crippen LogP contribution < -0.4 is 0 Å². The number of pyridine rings is 1. The Morgan fingerprint density at radius 3 is 2.76 bits per heavy atom. The number of fused-ring (bicyclic) bond motifs is 5. The van der Waals surface area contributed by atoms with Crippen molar-refractivity contribution in [1.29, 1.82) is 0 Å². The third-order valence-corrected chi connectivity index (χ3v) is 9.19. The van der Waals surface area contributed by atoms with Crippen molar-refractivity contribution in [3.8, 4) is 0 Å². The summed E-state index contributed by atoms with van der Waals surface area (Å²) < 4.78 is 30.5. The summed E-state index contributed by atoms with van der Waals surface area (Å²) >= 11 is 1.58. The molecule has 6 rings (SSSR count). The Balaban J connectivity index is 1.40. The second kappa shape index (κ2) is 7.54. The summed E-state index contributed by atoms with van der Waals surface area (Å²) in [5.74, 6) is 0.597. The summed E-state index contributed by atoms with van der Waals surface area (Å²) in [6.07, 6.45) is 3.31. The smallest absolute Gasteiger partial charge is 0.242 e. The topological polar surface area (TPSA) is 93.4 Å². The lowest BCUT2D eigenvalue weighted by molar-refractivity contribution is 0.309. The summed E-state index contributed by atoms with van der Waals surface area (Å²) in [7, 11) is -3.54. The predicted octanol–water partition coefficient (Wildman–Crippen LogP) is 4.07. The molecule has 0 N–H and O–H groups in total. The number of aromatic nitrogens is 5. The lowest BCUT2D eigenvalue weighted by Crippen LogP contribution is -2.39. The van der Waals surface area contributed by atoms with Gasteiger partial charge in [-0.2, -0.15) is 4.31 Å². The van der Waals surface area contributed by atoms with E-state index in [9.17, 15) is 8.42 Å². The molecular weight excluding hydrogens is 456 g/mol. The highest BCUT2D eigenvalue weighted by Crippen LogP contribution is 2.36. The first-order chi connectivity index (χ1) is 15.9. The summed E-state index contributed by atoms with van der Waals surface area (Å²) in [5.41, 5.74) is 3.77. The number of thiophene rings is 1. The van der Waals surface area contributed by atoms with Gasteiger partial charge in [-0.1, -0.05) is 18.2 Å². The van der Waals surface area contributed by atoms with Gasteiger partial charge in [0.2, 0.25) is 10.0 Å². The zero-order chi connectivity index (χ0) is 22.7. The molecule has 1 atom stereocenters. The SMILES string of the molecule is Cc1cc(C)c2c(n1)sc1c2ncn2nc(C3CCCN(S(=O)(=O)c4ccccc4)C3)nc12. The second-order valence-electron chi connectivity index (χ2n) is 8.54. The molecule has 5 heterocycles. The minimum atomic E-state index is -3.54. The van der Waals surface area contributed by atoms with Gasteiger partial charge in [0.05, 0.1) is 10.4 Å². The van der Waals surface area contributed by atoms with Gasteiger partial charge in [-0.3, -0.25) is 0 Å². The standard InChI is InChI=1S/C23H22N6O2S2/c1-14-11-15(2)25-23-18(14)19-20(32-23)22-26-21(27-29(22)13-24-19)16-7-6-10-28(12-16)33(30,31)17-8-4-3-5-9-17/h3-5,8-9,11,13,16H,6-7,10,12H2,1-2H3. The minimum absolute atomic E-state index is 0.0660. The number of piperidine rings is 1. The van der Waals surface area contributed by atoms with E-state index in [2.05, 4.69) is 18.0 Å². The van der Waals surface area contributed by atoms with Gasteiger partial charge in [-0.15, -0.1) is 16.4 Å². The van der Waals surface area contributed by atoms with Crippen LogP contribution in [0.2, 0.25) is 0 Å². The number of sulfonamides is 1. The quantitative estimate of drug-likeness (QED) is 0.388. The van der Waals surface area contributed by atoms with Crippen molar-refractivity contribution in [3.63, 3.8) is 0 Å². The van der Waals surface area contributed by atoms with E-state index < -0.39 is 10.0 Å². The molecule has 1 aromatic carbocycles. The summed E-state index contributed by atoms with van der Waals surface area (Å²) in [6, 6.07) is 10.7. The number of benzene rings is 1. The maximum Gasteiger partial charge on any atom is 0.243 e. The fraction of sp³-hybridized carbons (Fsp3) is 0.304. The molecule has 0 aliphatic carbocycles. The molecule has 10 heteroatoms. The molecule has 1 aliphatic heterocycles. The zero-order valence-electron chi connectivity index (χ0n) is 18.3. The molecule has 1 fully saturated rings. The second-order valence-corrected chi connectivity index (χ2v) is 11.5. The highest BCUT2D eigenvalue weighted by atomic mass is 32.2. The van der Waals surface area contributed by atoms with Crippen molar-refractivity contribution >= 4 is 47.4 Å². The number of hydrogen-bond donors (Lipinski definition) is 0. The maximum atomic E-state index is 13.1. The fourth-order valence-electron chi connectivity index (χ4n) is 4.67.